The second-order valence-corrected chi connectivity index (χ2v) is 7.73. The molecule has 154 valence electrons. The van der Waals surface area contributed by atoms with Gasteiger partial charge in [0, 0.05) is 11.9 Å². The topological polar surface area (TPSA) is 77.9 Å². The Morgan fingerprint density at radius 1 is 1.17 bits per heavy atom. The second-order valence-electron chi connectivity index (χ2n) is 6.92. The quantitative estimate of drug-likeness (QED) is 0.457. The molecule has 9 heteroatoms. The molecule has 0 radical (unpaired) electrons. The van der Waals surface area contributed by atoms with Crippen LogP contribution in [0.25, 0.3) is 0 Å². The lowest BCUT2D eigenvalue weighted by atomic mass is 10.2. The first kappa shape index (κ1) is 20.3. The first-order chi connectivity index (χ1) is 14.4. The van der Waals surface area contributed by atoms with E-state index in [-0.39, 0.29) is 11.7 Å². The number of hydrogen-bond donors (Lipinski definition) is 1. The number of nitrogens with one attached hydrogen (secondary N) is 1. The van der Waals surface area contributed by atoms with E-state index in [1.807, 2.05) is 38.1 Å². The minimum Gasteiger partial charge on any atom is -0.454 e. The largest absolute Gasteiger partial charge is 0.454 e. The molecule has 30 heavy (non-hydrogen) atoms. The van der Waals surface area contributed by atoms with E-state index in [4.69, 9.17) is 27.6 Å². The minimum atomic E-state index is -0.327. The van der Waals surface area contributed by atoms with Gasteiger partial charge in [0.1, 0.15) is 5.76 Å². The molecule has 0 aliphatic rings. The maximum Gasteiger partial charge on any atom is 0.291 e. The van der Waals surface area contributed by atoms with Crippen molar-refractivity contribution in [2.75, 3.05) is 5.32 Å². The highest BCUT2D eigenvalue weighted by molar-refractivity contribution is 6.31. The van der Waals surface area contributed by atoms with Crippen LogP contribution in [0.15, 0.2) is 53.2 Å². The van der Waals surface area contributed by atoms with Crippen LogP contribution in [0.5, 0.6) is 0 Å². The first-order valence-electron chi connectivity index (χ1n) is 9.25. The fourth-order valence-corrected chi connectivity index (χ4v) is 3.41. The van der Waals surface area contributed by atoms with Crippen molar-refractivity contribution in [1.29, 1.82) is 0 Å². The number of hydrogen-bond acceptors (Lipinski definition) is 4. The number of nitrogens with zero attached hydrogens (tertiary/aromatic N) is 4. The molecule has 0 spiro atoms. The van der Waals surface area contributed by atoms with Crippen LogP contribution in [-0.4, -0.2) is 25.5 Å². The number of amides is 1. The van der Waals surface area contributed by atoms with Gasteiger partial charge >= 0.3 is 0 Å². The van der Waals surface area contributed by atoms with Gasteiger partial charge in [-0.1, -0.05) is 35.3 Å². The zero-order valence-electron chi connectivity index (χ0n) is 16.4. The zero-order chi connectivity index (χ0) is 21.3. The summed E-state index contributed by atoms with van der Waals surface area (Å²) in [6.07, 6.45) is 3.33. The van der Waals surface area contributed by atoms with E-state index < -0.39 is 0 Å². The molecule has 1 aromatic carbocycles. The maximum absolute atomic E-state index is 12.6. The summed E-state index contributed by atoms with van der Waals surface area (Å²) < 4.78 is 9.19. The fourth-order valence-electron chi connectivity index (χ4n) is 3.11. The molecule has 0 unspecified atom stereocenters. The monoisotopic (exact) mass is 443 g/mol. The van der Waals surface area contributed by atoms with Crippen LogP contribution in [0.3, 0.4) is 0 Å². The summed E-state index contributed by atoms with van der Waals surface area (Å²) in [6.45, 7) is 4.69. The Morgan fingerprint density at radius 3 is 2.70 bits per heavy atom. The summed E-state index contributed by atoms with van der Waals surface area (Å²) in [5, 5.41) is 12.6. The number of benzene rings is 1. The SMILES string of the molecule is Cc1nn(Cc2ccc(C(=O)Nc3cccc(Cn4cc(Cl)cn4)c3)o2)c(C)c1Cl. The minimum absolute atomic E-state index is 0.224. The lowest BCUT2D eigenvalue weighted by Crippen LogP contribution is -2.11. The average Bonchev–Trinajstić information content (AvgIpc) is 3.40. The van der Waals surface area contributed by atoms with Gasteiger partial charge in [0.15, 0.2) is 5.76 Å². The highest BCUT2D eigenvalue weighted by atomic mass is 35.5. The number of aromatic nitrogens is 4. The van der Waals surface area contributed by atoms with E-state index in [2.05, 4.69) is 15.5 Å². The first-order valence-corrected chi connectivity index (χ1v) is 10.0. The third-order valence-electron chi connectivity index (χ3n) is 4.62. The van der Waals surface area contributed by atoms with Crippen LogP contribution >= 0.6 is 23.2 Å². The summed E-state index contributed by atoms with van der Waals surface area (Å²) in [6, 6.07) is 10.9. The van der Waals surface area contributed by atoms with Crippen molar-refractivity contribution < 1.29 is 9.21 Å². The Morgan fingerprint density at radius 2 is 2.00 bits per heavy atom. The number of furan rings is 1. The molecule has 0 fully saturated rings. The van der Waals surface area contributed by atoms with E-state index in [1.54, 1.807) is 33.9 Å². The molecule has 0 saturated heterocycles. The fraction of sp³-hybridized carbons (Fsp3) is 0.190. The summed E-state index contributed by atoms with van der Waals surface area (Å²) in [5.74, 6) is 0.514. The van der Waals surface area contributed by atoms with Gasteiger partial charge < -0.3 is 9.73 Å². The number of carbonyl (C=O) groups is 1. The van der Waals surface area contributed by atoms with Crippen LogP contribution < -0.4 is 5.32 Å². The zero-order valence-corrected chi connectivity index (χ0v) is 17.9. The van der Waals surface area contributed by atoms with Gasteiger partial charge in [-0.05, 0) is 43.7 Å². The van der Waals surface area contributed by atoms with Crippen molar-refractivity contribution in [1.82, 2.24) is 19.6 Å². The van der Waals surface area contributed by atoms with Gasteiger partial charge in [0.25, 0.3) is 5.91 Å². The van der Waals surface area contributed by atoms with E-state index in [0.29, 0.717) is 34.6 Å². The van der Waals surface area contributed by atoms with Gasteiger partial charge in [-0.15, -0.1) is 0 Å². The van der Waals surface area contributed by atoms with Crippen LogP contribution in [0.2, 0.25) is 10.0 Å². The van der Waals surface area contributed by atoms with E-state index in [9.17, 15) is 4.79 Å². The standard InChI is InChI=1S/C21H19Cl2N5O2/c1-13-20(23)14(2)28(26-13)12-18-6-7-19(30-18)21(29)25-17-5-3-4-15(8-17)10-27-11-16(22)9-24-27/h3-9,11H,10,12H2,1-2H3,(H,25,29). The molecule has 0 atom stereocenters. The average molecular weight is 444 g/mol. The molecule has 0 bridgehead atoms. The molecule has 7 nitrogen and oxygen atoms in total. The van der Waals surface area contributed by atoms with Crippen molar-refractivity contribution >= 4 is 34.8 Å². The Bertz CT molecular complexity index is 1210. The summed E-state index contributed by atoms with van der Waals surface area (Å²) in [7, 11) is 0. The Balaban J connectivity index is 1.43. The highest BCUT2D eigenvalue weighted by Crippen LogP contribution is 2.21. The van der Waals surface area contributed by atoms with Gasteiger partial charge in [-0.25, -0.2) is 0 Å². The highest BCUT2D eigenvalue weighted by Gasteiger charge is 2.15. The van der Waals surface area contributed by atoms with Crippen LogP contribution in [-0.2, 0) is 13.1 Å². The predicted octanol–water partition coefficient (Wildman–Crippen LogP) is 4.95. The van der Waals surface area contributed by atoms with Gasteiger partial charge in [-0.2, -0.15) is 10.2 Å². The van der Waals surface area contributed by atoms with E-state index in [0.717, 1.165) is 17.0 Å². The van der Waals surface area contributed by atoms with Gasteiger partial charge in [0.2, 0.25) is 0 Å². The predicted molar refractivity (Wildman–Crippen MR) is 115 cm³/mol. The van der Waals surface area contributed by atoms with E-state index >= 15 is 0 Å². The molecule has 0 saturated carbocycles. The third-order valence-corrected chi connectivity index (χ3v) is 5.36. The van der Waals surface area contributed by atoms with Crippen molar-refractivity contribution in [3.05, 3.63) is 87.3 Å². The van der Waals surface area contributed by atoms with E-state index in [1.165, 1.54) is 0 Å². The normalized spacial score (nSPS) is 11.1. The molecule has 4 rings (SSSR count). The van der Waals surface area contributed by atoms with Crippen LogP contribution in [0.4, 0.5) is 5.69 Å². The van der Waals surface area contributed by atoms with Gasteiger partial charge in [0.05, 0.1) is 40.7 Å². The van der Waals surface area contributed by atoms with Crippen LogP contribution in [0.1, 0.15) is 33.3 Å². The molecule has 3 heterocycles. The molecule has 0 aliphatic heterocycles. The van der Waals surface area contributed by atoms with Gasteiger partial charge in [-0.3, -0.25) is 14.2 Å². The molecule has 4 aromatic rings. The molecule has 1 amide bonds. The number of aryl methyl sites for hydroxylation is 1. The summed E-state index contributed by atoms with van der Waals surface area (Å²) >= 11 is 12.1. The molecule has 0 aliphatic carbocycles. The number of anilines is 1. The molecule has 1 N–H and O–H groups in total. The maximum atomic E-state index is 12.6. The smallest absolute Gasteiger partial charge is 0.291 e. The van der Waals surface area contributed by atoms with Crippen molar-refractivity contribution in [3.63, 3.8) is 0 Å². The number of carbonyl (C=O) groups excluding carboxylic acids is 1. The van der Waals surface area contributed by atoms with Crippen LogP contribution in [0, 0.1) is 13.8 Å². The Labute approximate surface area is 183 Å². The lowest BCUT2D eigenvalue weighted by molar-refractivity contribution is 0.0994. The Kier molecular flexibility index (Phi) is 5.65. The lowest BCUT2D eigenvalue weighted by Gasteiger charge is -2.07. The summed E-state index contributed by atoms with van der Waals surface area (Å²) in [5.41, 5.74) is 3.26. The second kappa shape index (κ2) is 8.38. The molecular weight excluding hydrogens is 425 g/mol. The number of rotatable bonds is 6. The van der Waals surface area contributed by atoms with Crippen molar-refractivity contribution in [2.24, 2.45) is 0 Å². The van der Waals surface area contributed by atoms with Crippen molar-refractivity contribution in [2.45, 2.75) is 26.9 Å². The Hall–Kier alpha value is -3.03. The molecule has 3 aromatic heterocycles. The third kappa shape index (κ3) is 4.42. The summed E-state index contributed by atoms with van der Waals surface area (Å²) in [4.78, 5) is 12.6. The van der Waals surface area contributed by atoms with Crippen molar-refractivity contribution in [3.8, 4) is 0 Å². The number of halogens is 2. The molecular formula is C21H19Cl2N5O2.